The lowest BCUT2D eigenvalue weighted by atomic mass is 10.1. The van der Waals surface area contributed by atoms with Crippen LogP contribution in [-0.4, -0.2) is 21.8 Å². The van der Waals surface area contributed by atoms with Crippen molar-refractivity contribution in [3.63, 3.8) is 0 Å². The summed E-state index contributed by atoms with van der Waals surface area (Å²) < 4.78 is 2.16. The summed E-state index contributed by atoms with van der Waals surface area (Å²) in [6, 6.07) is 8.59. The van der Waals surface area contributed by atoms with Gasteiger partial charge in [0.2, 0.25) is 0 Å². The number of rotatable bonds is 5. The minimum Gasteiger partial charge on any atom is -0.330 e. The van der Waals surface area contributed by atoms with Crippen LogP contribution in [-0.2, 0) is 6.54 Å². The Morgan fingerprint density at radius 2 is 2.06 bits per heavy atom. The largest absolute Gasteiger partial charge is 0.330 e. The highest BCUT2D eigenvalue weighted by molar-refractivity contribution is 7.99. The maximum absolute atomic E-state index is 5.51. The molecule has 1 heterocycles. The van der Waals surface area contributed by atoms with Crippen LogP contribution in [0.4, 0.5) is 0 Å². The van der Waals surface area contributed by atoms with E-state index < -0.39 is 0 Å². The molecule has 2 aromatic rings. The van der Waals surface area contributed by atoms with E-state index >= 15 is 0 Å². The van der Waals surface area contributed by atoms with Crippen LogP contribution in [0, 0.1) is 6.92 Å². The van der Waals surface area contributed by atoms with Crippen molar-refractivity contribution in [1.82, 2.24) is 9.55 Å². The topological polar surface area (TPSA) is 43.8 Å². The SMILES string of the molecule is Cc1ccc(Cn2ccnc2SCCN)cc1. The molecular formula is C13H17N3S. The van der Waals surface area contributed by atoms with Crippen LogP contribution in [0.2, 0.25) is 0 Å². The normalized spacial score (nSPS) is 10.7. The Morgan fingerprint density at radius 3 is 2.76 bits per heavy atom. The van der Waals surface area contributed by atoms with Crippen molar-refractivity contribution in [1.29, 1.82) is 0 Å². The first kappa shape index (κ1) is 12.2. The van der Waals surface area contributed by atoms with Crippen LogP contribution in [0.5, 0.6) is 0 Å². The van der Waals surface area contributed by atoms with Crippen LogP contribution in [0.15, 0.2) is 41.8 Å². The molecule has 0 aliphatic carbocycles. The van der Waals surface area contributed by atoms with Crippen molar-refractivity contribution >= 4 is 11.8 Å². The first-order valence-electron chi connectivity index (χ1n) is 5.69. The first-order chi connectivity index (χ1) is 8.29. The zero-order valence-electron chi connectivity index (χ0n) is 9.97. The molecule has 4 heteroatoms. The molecule has 2 rings (SSSR count). The highest BCUT2D eigenvalue weighted by atomic mass is 32.2. The third-order valence-corrected chi connectivity index (χ3v) is 3.54. The molecule has 3 nitrogen and oxygen atoms in total. The minimum absolute atomic E-state index is 0.683. The summed E-state index contributed by atoms with van der Waals surface area (Å²) in [5.41, 5.74) is 8.09. The third kappa shape index (κ3) is 3.35. The van der Waals surface area contributed by atoms with Crippen molar-refractivity contribution in [2.75, 3.05) is 12.3 Å². The molecule has 0 radical (unpaired) electrons. The number of hydrogen-bond acceptors (Lipinski definition) is 3. The van der Waals surface area contributed by atoms with Gasteiger partial charge in [0.05, 0.1) is 0 Å². The maximum atomic E-state index is 5.51. The molecule has 0 saturated carbocycles. The maximum Gasteiger partial charge on any atom is 0.168 e. The molecule has 2 N–H and O–H groups in total. The van der Waals surface area contributed by atoms with Crippen molar-refractivity contribution in [3.8, 4) is 0 Å². The van der Waals surface area contributed by atoms with Crippen molar-refractivity contribution in [2.45, 2.75) is 18.6 Å². The Kier molecular flexibility index (Phi) is 4.23. The number of nitrogens with two attached hydrogens (primary N) is 1. The minimum atomic E-state index is 0.683. The summed E-state index contributed by atoms with van der Waals surface area (Å²) in [5.74, 6) is 0.908. The highest BCUT2D eigenvalue weighted by Crippen LogP contribution is 2.16. The van der Waals surface area contributed by atoms with Gasteiger partial charge in [-0.05, 0) is 12.5 Å². The van der Waals surface area contributed by atoms with Gasteiger partial charge in [-0.3, -0.25) is 0 Å². The molecule has 1 aromatic carbocycles. The van der Waals surface area contributed by atoms with Crippen LogP contribution in [0.3, 0.4) is 0 Å². The summed E-state index contributed by atoms with van der Waals surface area (Å²) in [6.07, 6.45) is 3.85. The fraction of sp³-hybridized carbons (Fsp3) is 0.308. The highest BCUT2D eigenvalue weighted by Gasteiger charge is 2.03. The Labute approximate surface area is 106 Å². The molecule has 0 saturated heterocycles. The van der Waals surface area contributed by atoms with E-state index in [0.717, 1.165) is 17.5 Å². The van der Waals surface area contributed by atoms with E-state index in [2.05, 4.69) is 40.7 Å². The second kappa shape index (κ2) is 5.89. The Morgan fingerprint density at radius 1 is 1.29 bits per heavy atom. The van der Waals surface area contributed by atoms with E-state index in [9.17, 15) is 0 Å². The van der Waals surface area contributed by atoms with Gasteiger partial charge >= 0.3 is 0 Å². The van der Waals surface area contributed by atoms with Gasteiger partial charge in [-0.15, -0.1) is 0 Å². The molecule has 0 aliphatic rings. The predicted molar refractivity (Wildman–Crippen MR) is 72.3 cm³/mol. The number of thioether (sulfide) groups is 1. The zero-order valence-corrected chi connectivity index (χ0v) is 10.8. The molecule has 0 spiro atoms. The first-order valence-corrected chi connectivity index (χ1v) is 6.67. The van der Waals surface area contributed by atoms with Gasteiger partial charge in [0.15, 0.2) is 5.16 Å². The van der Waals surface area contributed by atoms with Crippen molar-refractivity contribution < 1.29 is 0 Å². The molecule has 1 aromatic heterocycles. The lowest BCUT2D eigenvalue weighted by Gasteiger charge is -2.07. The van der Waals surface area contributed by atoms with Gasteiger partial charge in [0.1, 0.15) is 0 Å². The molecule has 0 unspecified atom stereocenters. The summed E-state index contributed by atoms with van der Waals surface area (Å²) in [4.78, 5) is 4.34. The standard InChI is InChI=1S/C13H17N3S/c1-11-2-4-12(5-3-11)10-16-8-7-15-13(16)17-9-6-14/h2-5,7-8H,6,9-10,14H2,1H3. The molecular weight excluding hydrogens is 230 g/mol. The van der Waals surface area contributed by atoms with E-state index in [0.29, 0.717) is 6.54 Å². The lowest BCUT2D eigenvalue weighted by molar-refractivity contribution is 0.708. The molecule has 0 amide bonds. The predicted octanol–water partition coefficient (Wildman–Crippen LogP) is 2.29. The Bertz CT molecular complexity index is 462. The summed E-state index contributed by atoms with van der Waals surface area (Å²) in [6.45, 7) is 3.65. The number of imidazole rings is 1. The molecule has 0 atom stereocenters. The van der Waals surface area contributed by atoms with E-state index in [1.807, 2.05) is 12.4 Å². The van der Waals surface area contributed by atoms with Crippen molar-refractivity contribution in [2.24, 2.45) is 5.73 Å². The molecule has 0 fully saturated rings. The average molecular weight is 247 g/mol. The molecule has 17 heavy (non-hydrogen) atoms. The van der Waals surface area contributed by atoms with Gasteiger partial charge < -0.3 is 10.3 Å². The van der Waals surface area contributed by atoms with Crippen molar-refractivity contribution in [3.05, 3.63) is 47.8 Å². The van der Waals surface area contributed by atoms with Gasteiger partial charge in [0.25, 0.3) is 0 Å². The fourth-order valence-corrected chi connectivity index (χ4v) is 2.32. The zero-order chi connectivity index (χ0) is 12.1. The second-order valence-corrected chi connectivity index (χ2v) is 5.02. The van der Waals surface area contributed by atoms with Gasteiger partial charge in [-0.1, -0.05) is 41.6 Å². The average Bonchev–Trinajstić information content (AvgIpc) is 2.77. The number of hydrogen-bond donors (Lipinski definition) is 1. The number of nitrogens with zero attached hydrogens (tertiary/aromatic N) is 2. The van der Waals surface area contributed by atoms with Crippen LogP contribution in [0.25, 0.3) is 0 Å². The van der Waals surface area contributed by atoms with Gasteiger partial charge in [0, 0.05) is 31.2 Å². The van der Waals surface area contributed by atoms with Gasteiger partial charge in [-0.25, -0.2) is 4.98 Å². The number of aryl methyl sites for hydroxylation is 1. The molecule has 0 bridgehead atoms. The number of benzene rings is 1. The van der Waals surface area contributed by atoms with E-state index in [4.69, 9.17) is 5.73 Å². The fourth-order valence-electron chi connectivity index (χ4n) is 1.60. The van der Waals surface area contributed by atoms with E-state index in [1.165, 1.54) is 11.1 Å². The lowest BCUT2D eigenvalue weighted by Crippen LogP contribution is -2.04. The number of aromatic nitrogens is 2. The summed E-state index contributed by atoms with van der Waals surface area (Å²) >= 11 is 1.70. The summed E-state index contributed by atoms with van der Waals surface area (Å²) in [7, 11) is 0. The monoisotopic (exact) mass is 247 g/mol. The van der Waals surface area contributed by atoms with Crippen LogP contribution in [0.1, 0.15) is 11.1 Å². The van der Waals surface area contributed by atoms with Gasteiger partial charge in [-0.2, -0.15) is 0 Å². The second-order valence-electron chi connectivity index (χ2n) is 3.96. The molecule has 90 valence electrons. The smallest absolute Gasteiger partial charge is 0.168 e. The van der Waals surface area contributed by atoms with Crippen LogP contribution < -0.4 is 5.73 Å². The Balaban J connectivity index is 2.07. The van der Waals surface area contributed by atoms with E-state index in [-0.39, 0.29) is 0 Å². The Hall–Kier alpha value is -1.26. The molecule has 0 aliphatic heterocycles. The quantitative estimate of drug-likeness (QED) is 0.824. The third-order valence-electron chi connectivity index (χ3n) is 2.50. The van der Waals surface area contributed by atoms with E-state index in [1.54, 1.807) is 11.8 Å². The van der Waals surface area contributed by atoms with Crippen LogP contribution >= 0.6 is 11.8 Å². The summed E-state index contributed by atoms with van der Waals surface area (Å²) in [5, 5.41) is 1.04.